The van der Waals surface area contributed by atoms with Crippen LogP contribution in [0, 0.1) is 0 Å². The van der Waals surface area contributed by atoms with Crippen molar-refractivity contribution in [3.05, 3.63) is 41.4 Å². The van der Waals surface area contributed by atoms with Crippen molar-refractivity contribution in [3.63, 3.8) is 0 Å². The fraction of sp³-hybridized carbons (Fsp3) is 0.400. The molecule has 0 aliphatic carbocycles. The first-order valence-electron chi connectivity index (χ1n) is 7.26. The molecule has 7 heteroatoms. The fourth-order valence-corrected chi connectivity index (χ4v) is 5.35. The minimum Gasteiger partial charge on any atom is -0.473 e. The van der Waals surface area contributed by atoms with Crippen LogP contribution in [-0.2, 0) is 16.4 Å². The Bertz CT molecular complexity index is 728. The van der Waals surface area contributed by atoms with Crippen molar-refractivity contribution in [2.24, 2.45) is 0 Å². The van der Waals surface area contributed by atoms with E-state index in [1.54, 1.807) is 18.3 Å². The van der Waals surface area contributed by atoms with Crippen LogP contribution < -0.4 is 4.74 Å². The van der Waals surface area contributed by atoms with Crippen molar-refractivity contribution in [3.8, 4) is 5.88 Å². The predicted octanol–water partition coefficient (Wildman–Crippen LogP) is 2.55. The third-order valence-corrected chi connectivity index (χ3v) is 7.17. The first-order chi connectivity index (χ1) is 10.6. The van der Waals surface area contributed by atoms with Gasteiger partial charge in [-0.05, 0) is 31.0 Å². The zero-order valence-corrected chi connectivity index (χ0v) is 13.9. The normalized spacial score (nSPS) is 19.4. The van der Waals surface area contributed by atoms with E-state index in [9.17, 15) is 8.42 Å². The number of hydrogen-bond donors (Lipinski definition) is 0. The van der Waals surface area contributed by atoms with Crippen LogP contribution in [0.15, 0.2) is 40.7 Å². The Labute approximate surface area is 134 Å². The molecule has 1 aliphatic heterocycles. The number of aryl methyl sites for hydroxylation is 1. The Hall–Kier alpha value is -1.44. The van der Waals surface area contributed by atoms with E-state index < -0.39 is 10.0 Å². The molecular weight excluding hydrogens is 320 g/mol. The summed E-state index contributed by atoms with van der Waals surface area (Å²) in [5.74, 6) is 0.538. The second-order valence-electron chi connectivity index (χ2n) is 5.13. The number of sulfonamides is 1. The quantitative estimate of drug-likeness (QED) is 0.841. The Morgan fingerprint density at radius 2 is 2.23 bits per heavy atom. The molecule has 1 atom stereocenters. The van der Waals surface area contributed by atoms with E-state index >= 15 is 0 Å². The van der Waals surface area contributed by atoms with Crippen molar-refractivity contribution in [2.45, 2.75) is 30.1 Å². The van der Waals surface area contributed by atoms with E-state index in [-0.39, 0.29) is 6.10 Å². The number of pyridine rings is 1. The van der Waals surface area contributed by atoms with Crippen LogP contribution in [-0.4, -0.2) is 36.9 Å². The van der Waals surface area contributed by atoms with Crippen molar-refractivity contribution >= 4 is 21.4 Å². The predicted molar refractivity (Wildman–Crippen MR) is 85.7 cm³/mol. The number of aromatic nitrogens is 1. The van der Waals surface area contributed by atoms with Crippen LogP contribution >= 0.6 is 11.3 Å². The smallest absolute Gasteiger partial charge is 0.252 e. The van der Waals surface area contributed by atoms with Gasteiger partial charge in [0, 0.05) is 23.7 Å². The Kier molecular flexibility index (Phi) is 4.46. The Balaban J connectivity index is 1.69. The van der Waals surface area contributed by atoms with Crippen molar-refractivity contribution < 1.29 is 13.2 Å². The van der Waals surface area contributed by atoms with Gasteiger partial charge in [0.05, 0.1) is 6.54 Å². The molecule has 0 aromatic carbocycles. The molecule has 1 unspecified atom stereocenters. The second kappa shape index (κ2) is 6.36. The molecule has 0 saturated carbocycles. The summed E-state index contributed by atoms with van der Waals surface area (Å²) in [4.78, 5) is 5.20. The summed E-state index contributed by atoms with van der Waals surface area (Å²) in [6, 6.07) is 9.04. The number of rotatable bonds is 5. The number of hydrogen-bond acceptors (Lipinski definition) is 5. The molecule has 118 valence electrons. The third-order valence-electron chi connectivity index (χ3n) is 3.61. The fourth-order valence-electron chi connectivity index (χ4n) is 2.41. The number of ether oxygens (including phenoxy) is 1. The summed E-state index contributed by atoms with van der Waals surface area (Å²) in [5.41, 5.74) is 0. The standard InChI is InChI=1S/C15H18N2O3S2/c1-2-13-6-7-15(21-13)22(18,19)17-10-8-12(11-17)20-14-5-3-4-9-16-14/h3-7,9,12H,2,8,10-11H2,1H3. The lowest BCUT2D eigenvalue weighted by Crippen LogP contribution is -2.30. The largest absolute Gasteiger partial charge is 0.473 e. The van der Waals surface area contributed by atoms with Crippen LogP contribution in [0.25, 0.3) is 0 Å². The topological polar surface area (TPSA) is 59.5 Å². The van der Waals surface area contributed by atoms with Crippen LogP contribution in [0.4, 0.5) is 0 Å². The van der Waals surface area contributed by atoms with E-state index in [2.05, 4.69) is 4.98 Å². The molecular formula is C15H18N2O3S2. The van der Waals surface area contributed by atoms with E-state index in [0.29, 0.717) is 29.6 Å². The lowest BCUT2D eigenvalue weighted by molar-refractivity contribution is 0.207. The summed E-state index contributed by atoms with van der Waals surface area (Å²) in [7, 11) is -3.40. The van der Waals surface area contributed by atoms with Crippen molar-refractivity contribution in [1.82, 2.24) is 9.29 Å². The van der Waals surface area contributed by atoms with Gasteiger partial charge in [-0.3, -0.25) is 0 Å². The summed E-state index contributed by atoms with van der Waals surface area (Å²) >= 11 is 1.35. The average molecular weight is 338 g/mol. The highest BCUT2D eigenvalue weighted by Gasteiger charge is 2.34. The maximum Gasteiger partial charge on any atom is 0.252 e. The molecule has 0 N–H and O–H groups in total. The molecule has 0 spiro atoms. The van der Waals surface area contributed by atoms with E-state index in [0.717, 1.165) is 11.3 Å². The number of thiophene rings is 1. The lowest BCUT2D eigenvalue weighted by Gasteiger charge is -2.16. The van der Waals surface area contributed by atoms with Gasteiger partial charge in [0.2, 0.25) is 5.88 Å². The molecule has 3 rings (SSSR count). The highest BCUT2D eigenvalue weighted by Crippen LogP contribution is 2.28. The Morgan fingerprint density at radius 1 is 1.36 bits per heavy atom. The molecule has 3 heterocycles. The molecule has 22 heavy (non-hydrogen) atoms. The van der Waals surface area contributed by atoms with Gasteiger partial charge >= 0.3 is 0 Å². The zero-order valence-electron chi connectivity index (χ0n) is 12.3. The maximum absolute atomic E-state index is 12.6. The Morgan fingerprint density at radius 3 is 2.91 bits per heavy atom. The highest BCUT2D eigenvalue weighted by molar-refractivity contribution is 7.91. The van der Waals surface area contributed by atoms with Crippen molar-refractivity contribution in [2.75, 3.05) is 13.1 Å². The van der Waals surface area contributed by atoms with E-state index in [1.807, 2.05) is 25.1 Å². The van der Waals surface area contributed by atoms with Gasteiger partial charge in [0.15, 0.2) is 0 Å². The second-order valence-corrected chi connectivity index (χ2v) is 8.47. The lowest BCUT2D eigenvalue weighted by atomic mass is 10.3. The molecule has 1 saturated heterocycles. The number of nitrogens with zero attached hydrogens (tertiary/aromatic N) is 2. The molecule has 0 bridgehead atoms. The minimum atomic E-state index is -3.40. The van der Waals surface area contributed by atoms with E-state index in [1.165, 1.54) is 15.6 Å². The minimum absolute atomic E-state index is 0.143. The van der Waals surface area contributed by atoms with Crippen LogP contribution in [0.3, 0.4) is 0 Å². The highest BCUT2D eigenvalue weighted by atomic mass is 32.2. The van der Waals surface area contributed by atoms with E-state index in [4.69, 9.17) is 4.74 Å². The van der Waals surface area contributed by atoms with Gasteiger partial charge in [-0.15, -0.1) is 11.3 Å². The first kappa shape index (κ1) is 15.5. The van der Waals surface area contributed by atoms with Crippen LogP contribution in [0.1, 0.15) is 18.2 Å². The summed E-state index contributed by atoms with van der Waals surface area (Å²) < 4.78 is 32.9. The van der Waals surface area contributed by atoms with Gasteiger partial charge in [0.25, 0.3) is 10.0 Å². The molecule has 5 nitrogen and oxygen atoms in total. The van der Waals surface area contributed by atoms with Gasteiger partial charge in [-0.25, -0.2) is 13.4 Å². The molecule has 1 fully saturated rings. The molecule has 1 aliphatic rings. The van der Waals surface area contributed by atoms with Gasteiger partial charge in [0.1, 0.15) is 10.3 Å². The molecule has 0 radical (unpaired) electrons. The average Bonchev–Trinajstić information content (AvgIpc) is 3.17. The summed E-state index contributed by atoms with van der Waals surface area (Å²) in [5, 5.41) is 0. The molecule has 0 amide bonds. The zero-order chi connectivity index (χ0) is 15.6. The van der Waals surface area contributed by atoms with Crippen LogP contribution in [0.2, 0.25) is 0 Å². The van der Waals surface area contributed by atoms with Crippen molar-refractivity contribution in [1.29, 1.82) is 0 Å². The first-order valence-corrected chi connectivity index (χ1v) is 9.52. The third kappa shape index (κ3) is 3.16. The van der Waals surface area contributed by atoms with Crippen LogP contribution in [0.5, 0.6) is 5.88 Å². The maximum atomic E-state index is 12.6. The summed E-state index contributed by atoms with van der Waals surface area (Å²) in [6.45, 7) is 2.88. The molecule has 2 aromatic heterocycles. The van der Waals surface area contributed by atoms with Gasteiger partial charge in [-0.2, -0.15) is 4.31 Å². The summed E-state index contributed by atoms with van der Waals surface area (Å²) in [6.07, 6.45) is 3.06. The molecule has 2 aromatic rings. The SMILES string of the molecule is CCc1ccc(S(=O)(=O)N2CCC(Oc3ccccn3)C2)s1. The van der Waals surface area contributed by atoms with Gasteiger partial charge < -0.3 is 4.74 Å². The van der Waals surface area contributed by atoms with Gasteiger partial charge in [-0.1, -0.05) is 13.0 Å². The monoisotopic (exact) mass is 338 g/mol.